The Morgan fingerprint density at radius 1 is 0.748 bits per heavy atom. The highest BCUT2D eigenvalue weighted by Crippen LogP contribution is 2.51. The van der Waals surface area contributed by atoms with Gasteiger partial charge in [0.2, 0.25) is 34.9 Å². The van der Waals surface area contributed by atoms with Gasteiger partial charge >= 0.3 is 24.3 Å². The van der Waals surface area contributed by atoms with Gasteiger partial charge in [-0.1, -0.05) is 138 Å². The minimum Gasteiger partial charge on any atom is -0.492 e. The van der Waals surface area contributed by atoms with E-state index in [0.29, 0.717) is 53.2 Å². The molecule has 4 aromatic rings. The molecule has 0 spiro atoms. The van der Waals surface area contributed by atoms with Crippen LogP contribution in [0.15, 0.2) is 108 Å². The van der Waals surface area contributed by atoms with E-state index in [9.17, 15) is 68.7 Å². The molecular weight excluding hydrogens is 2030 g/mol. The summed E-state index contributed by atoms with van der Waals surface area (Å²) < 4.78 is 95.9. The number of carbonyl (C=O) groups is 9. The van der Waals surface area contributed by atoms with E-state index in [4.69, 9.17) is 86.4 Å². The number of likely N-dealkylation sites (N-methyl/N-ethyl adjacent to an activating group) is 1. The molecule has 8 amide bonds. The molecule has 4 heterocycles. The van der Waals surface area contributed by atoms with Gasteiger partial charge in [-0.25, -0.2) is 19.2 Å². The van der Waals surface area contributed by atoms with E-state index < -0.39 is 191 Å². The molecule has 21 atom stereocenters. The second kappa shape index (κ2) is 53.8. The van der Waals surface area contributed by atoms with Crippen LogP contribution in [0.25, 0.3) is 11.1 Å². The maximum Gasteiger partial charge on any atom is 0.411 e. The lowest BCUT2D eigenvalue weighted by Crippen LogP contribution is -2.65. The fourth-order valence-corrected chi connectivity index (χ4v) is 21.7. The summed E-state index contributed by atoms with van der Waals surface area (Å²) >= 11 is 2.75. The van der Waals surface area contributed by atoms with Crippen LogP contribution in [0.4, 0.5) is 24.9 Å². The van der Waals surface area contributed by atoms with Crippen molar-refractivity contribution in [1.29, 1.82) is 0 Å². The number of ether oxygens (including phenoxy) is 16. The van der Waals surface area contributed by atoms with Gasteiger partial charge in [0.05, 0.1) is 117 Å². The summed E-state index contributed by atoms with van der Waals surface area (Å²) in [5.41, 5.74) is 10.8. The predicted molar refractivity (Wildman–Crippen MR) is 535 cm³/mol. The monoisotopic (exact) mass is 2160 g/mol. The van der Waals surface area contributed by atoms with E-state index in [1.807, 2.05) is 85.0 Å². The van der Waals surface area contributed by atoms with Gasteiger partial charge in [0.15, 0.2) is 41.8 Å². The summed E-state index contributed by atoms with van der Waals surface area (Å²) in [5.74, 6) is 8.74. The number of hydrogen-bond donors (Lipinski definition) is 13. The number of alkyl carbamates (subject to hydrolysis) is 2. The van der Waals surface area contributed by atoms with Gasteiger partial charge in [-0.2, -0.15) is 5.48 Å². The van der Waals surface area contributed by atoms with Gasteiger partial charge in [0, 0.05) is 93.5 Å². The van der Waals surface area contributed by atoms with Crippen LogP contribution in [0.5, 0.6) is 17.2 Å². The standard InChI is InChI=1S/C99H130IN9O31S3/c1-16-109(97(122)133-49-57-32-34-58(35-33-57)104-89(116)65(30-25-40-103-94(101)119)105-90(117)77(52(2)3)106-96(121)132-50-63-61-28-22-20-26-59(61)60-27-21-23-29-62(60)63)66-51-131-72(47-70(66)125-11)138-86-81(114)78(108-140-73-46-67(110)88(56(7)134-73)142-91(118)74-53(4)76(100)84(87(128-14)83(74)126-12)139-92-82(115)85(127-13)80(113)55(6)136-92)54(5)135-93(86)137-69-31-19-17-18-24-38-99(123)48-68(111)79(107-95(120)129-15)75(69)64(99)37-45-141-143-98(8,9)39-36-71(112)102-41-42-130-44-43-124-10/h17-18,20-23,26-29,32-35,37,52,54-56,63,65-67,69-70,72-73,77-78,80-82,85-86,88,92-93,108,110,113-115,123H,16,25,30,36,39-51H2,1-15H3,(H,102,112)(H,104,116)(H,105,117)(H,106,121)(H,107,120)(H3,101,103,119)/b18-17-,64-37+/t54?,55?,56?,65-,66-,67+,69-,70+,72-,73-,77-,78+,80-,81-,82?,85-,86?,88+,92-,93-,99?/m0/s1. The van der Waals surface area contributed by atoms with Crippen molar-refractivity contribution in [3.63, 3.8) is 0 Å². The smallest absolute Gasteiger partial charge is 0.411 e. The molecule has 3 aliphatic carbocycles. The number of rotatable bonds is 45. The Morgan fingerprint density at radius 2 is 1.45 bits per heavy atom. The molecule has 7 aliphatic rings. The zero-order chi connectivity index (χ0) is 104. The quantitative estimate of drug-likeness (QED) is 0.00502. The lowest BCUT2D eigenvalue weighted by Gasteiger charge is -2.47. The van der Waals surface area contributed by atoms with Gasteiger partial charge in [0.1, 0.15) is 61.9 Å². The zero-order valence-corrected chi connectivity index (χ0v) is 87.0. The second-order valence-corrected chi connectivity index (χ2v) is 41.0. The van der Waals surface area contributed by atoms with Gasteiger partial charge in [0.25, 0.3) is 0 Å². The molecule has 4 aromatic carbocycles. The molecule has 0 aromatic heterocycles. The van der Waals surface area contributed by atoms with Crippen LogP contribution in [0.3, 0.4) is 0 Å². The number of aliphatic hydroxyl groups is 5. The molecule has 4 aliphatic heterocycles. The minimum atomic E-state index is -2.26. The van der Waals surface area contributed by atoms with Crippen molar-refractivity contribution < 1.29 is 149 Å². The first-order valence-electron chi connectivity index (χ1n) is 47.0. The molecular formula is C99H130IN9O31S3. The van der Waals surface area contributed by atoms with Crippen LogP contribution in [-0.2, 0) is 92.2 Å². The second-order valence-electron chi connectivity index (χ2n) is 35.8. The first-order valence-corrected chi connectivity index (χ1v) is 51.3. The van der Waals surface area contributed by atoms with Gasteiger partial charge in [-0.05, 0) is 154 Å². The number of amides is 8. The number of fused-ring (bicyclic) bond motifs is 5. The van der Waals surface area contributed by atoms with Gasteiger partial charge in [-0.3, -0.25) is 34.1 Å². The molecule has 44 heteroatoms. The minimum absolute atomic E-state index is 0.00170. The summed E-state index contributed by atoms with van der Waals surface area (Å²) in [5, 5.41) is 74.6. The molecule has 4 fully saturated rings. The summed E-state index contributed by atoms with van der Waals surface area (Å²) in [6.07, 6.45) is -18.0. The number of thioether (sulfide) groups is 1. The SMILES string of the molecule is CCN(C(=O)OCc1ccc(NC(=O)[C@H](CCCNC(N)=O)NC(=O)[C@@H](NC(=O)OCC2c3ccccc3-c3ccccc32)C(C)C)cc1)[C@H]1CO[C@@H](OC2[C@H](O[C@H]3C#C/C=C\C#CC4(O)CC(=O)C(NC(=O)OC)=C3/C4=C\CSSC(C)(C)CCC(=O)NCCOCCOC)OC(C)[C@@H](NO[C@H]3C[C@@H](O)[C@H](SC(=O)c4c(C)c(I)c(O[C@@H]5OC(C)[C@H](O)[C@H](OC)C5O)c(OC)c4OC)C(C)O3)[C@@H]2O)C[C@H]1OC. The molecule has 14 N–H and O–H groups in total. The number of methoxy groups -OCH3 is 6. The Balaban J connectivity index is 0.791. The number of aliphatic hydroxyl groups excluding tert-OH is 4. The molecule has 0 saturated carbocycles. The zero-order valence-electron chi connectivity index (χ0n) is 82.4. The molecule has 6 unspecified atom stereocenters. The predicted octanol–water partition coefficient (Wildman–Crippen LogP) is 7.74. The Kier molecular flexibility index (Phi) is 42.8. The average molecular weight is 2170 g/mol. The van der Waals surface area contributed by atoms with Crippen molar-refractivity contribution in [2.24, 2.45) is 11.7 Å². The van der Waals surface area contributed by atoms with E-state index in [1.54, 1.807) is 85.9 Å². The number of ketones is 1. The number of benzene rings is 4. The van der Waals surface area contributed by atoms with E-state index >= 15 is 0 Å². The number of primary amides is 1. The topological polar surface area (TPSA) is 525 Å². The molecule has 143 heavy (non-hydrogen) atoms. The Hall–Kier alpha value is -9.45. The maximum absolute atomic E-state index is 14.8. The Morgan fingerprint density at radius 3 is 2.10 bits per heavy atom. The summed E-state index contributed by atoms with van der Waals surface area (Å²) in [4.78, 5) is 132. The first-order chi connectivity index (χ1) is 68.4. The Bertz CT molecular complexity index is 5270. The van der Waals surface area contributed by atoms with Crippen molar-refractivity contribution in [1.82, 2.24) is 37.0 Å². The Labute approximate surface area is 856 Å². The normalized spacial score (nSPS) is 26.6. The van der Waals surface area contributed by atoms with Crippen LogP contribution in [0.1, 0.15) is 139 Å². The van der Waals surface area contributed by atoms with Crippen molar-refractivity contribution in [2.75, 3.05) is 106 Å². The fraction of sp³-hybridized carbons (Fsp3) is 0.566. The van der Waals surface area contributed by atoms with Crippen LogP contribution in [0.2, 0.25) is 0 Å². The molecule has 4 saturated heterocycles. The number of halogens is 1. The van der Waals surface area contributed by atoms with E-state index in [-0.39, 0.29) is 122 Å². The summed E-state index contributed by atoms with van der Waals surface area (Å²) in [6.45, 7) is 16.7. The lowest BCUT2D eigenvalue weighted by atomic mass is 9.75. The lowest BCUT2D eigenvalue weighted by molar-refractivity contribution is -0.337. The fourth-order valence-electron chi connectivity index (χ4n) is 17.5. The number of nitrogens with zero attached hydrogens (tertiary/aromatic N) is 1. The summed E-state index contributed by atoms with van der Waals surface area (Å²) in [7, 11) is 10.9. The van der Waals surface area contributed by atoms with E-state index in [1.165, 1.54) is 67.1 Å². The number of anilines is 1. The number of nitrogens with two attached hydrogens (primary N) is 1. The first kappa shape index (κ1) is 114. The van der Waals surface area contributed by atoms with E-state index in [0.717, 1.165) is 41.1 Å². The number of carbonyl (C=O) groups excluding carboxylic acids is 9. The number of Topliss-reactive ketones (excluding diaryl/α,β-unsaturated/α-hetero) is 1. The van der Waals surface area contributed by atoms with Crippen LogP contribution in [-0.4, -0.2) is 317 Å². The number of hydroxylamine groups is 1. The highest BCUT2D eigenvalue weighted by molar-refractivity contribution is 14.1. The highest BCUT2D eigenvalue weighted by Gasteiger charge is 2.54. The van der Waals surface area contributed by atoms with Gasteiger partial charge < -0.3 is 139 Å². The number of allylic oxidation sites excluding steroid dienone is 3. The molecule has 0 radical (unpaired) electrons. The molecule has 11 rings (SSSR count). The number of urea groups is 1. The van der Waals surface area contributed by atoms with E-state index in [2.05, 4.69) is 61.1 Å². The third-order valence-corrected chi connectivity index (χ3v) is 31.0. The van der Waals surface area contributed by atoms with Crippen LogP contribution >= 0.6 is 55.9 Å². The van der Waals surface area contributed by atoms with Crippen molar-refractivity contribution in [3.8, 4) is 52.1 Å². The third kappa shape index (κ3) is 29.5. The van der Waals surface area contributed by atoms with Crippen molar-refractivity contribution in [2.45, 2.75) is 252 Å². The van der Waals surface area contributed by atoms with Crippen molar-refractivity contribution >= 4 is 115 Å². The molecule has 40 nitrogen and oxygen atoms in total. The maximum atomic E-state index is 14.8. The van der Waals surface area contributed by atoms with Crippen LogP contribution < -0.4 is 57.3 Å². The summed E-state index contributed by atoms with van der Waals surface area (Å²) in [6, 6.07) is 16.9. The number of hydrogen-bond acceptors (Lipinski definition) is 35. The van der Waals surface area contributed by atoms with Gasteiger partial charge in [-0.15, -0.1) is 0 Å². The average Bonchev–Trinajstić information content (AvgIpc) is 1.41. The molecule has 782 valence electrons. The third-order valence-electron chi connectivity index (χ3n) is 25.1. The number of nitrogens with one attached hydrogen (secondary N) is 7. The van der Waals surface area contributed by atoms with Crippen LogP contribution in [0, 0.1) is 40.1 Å². The highest BCUT2D eigenvalue weighted by atomic mass is 127. The largest absolute Gasteiger partial charge is 0.492 e. The van der Waals surface area contributed by atoms with Crippen molar-refractivity contribution in [3.05, 3.63) is 139 Å². The molecule has 2 bridgehead atoms.